The van der Waals surface area contributed by atoms with Crippen molar-refractivity contribution in [3.63, 3.8) is 0 Å². The predicted molar refractivity (Wildman–Crippen MR) is 81.4 cm³/mol. The Kier molecular flexibility index (Phi) is 4.28. The summed E-state index contributed by atoms with van der Waals surface area (Å²) in [6, 6.07) is 2.15. The van der Waals surface area contributed by atoms with E-state index in [4.69, 9.17) is 0 Å². The Morgan fingerprint density at radius 1 is 1.35 bits per heavy atom. The molecule has 1 aliphatic rings. The molecule has 0 aliphatic carbocycles. The Bertz CT molecular complexity index is 619. The highest BCUT2D eigenvalue weighted by Gasteiger charge is 2.13. The van der Waals surface area contributed by atoms with E-state index in [0.717, 1.165) is 56.6 Å². The van der Waals surface area contributed by atoms with Gasteiger partial charge in [-0.3, -0.25) is 9.36 Å². The average molecular weight is 289 g/mol. The quantitative estimate of drug-likeness (QED) is 0.930. The molecule has 0 atom stereocenters. The SMILES string of the molecule is O=c1c2c(ncn1CCCc1ccsc1)CCNCC2. The molecule has 0 unspecified atom stereocenters. The Labute approximate surface area is 122 Å². The molecule has 1 N–H and O–H groups in total. The van der Waals surface area contributed by atoms with Gasteiger partial charge >= 0.3 is 0 Å². The van der Waals surface area contributed by atoms with Gasteiger partial charge < -0.3 is 5.32 Å². The van der Waals surface area contributed by atoms with Gasteiger partial charge in [-0.05, 0) is 48.2 Å². The number of nitrogens with one attached hydrogen (secondary N) is 1. The van der Waals surface area contributed by atoms with E-state index < -0.39 is 0 Å². The second-order valence-corrected chi connectivity index (χ2v) is 5.93. The maximum absolute atomic E-state index is 12.5. The van der Waals surface area contributed by atoms with Crippen LogP contribution in [0.25, 0.3) is 0 Å². The van der Waals surface area contributed by atoms with Gasteiger partial charge in [0.25, 0.3) is 5.56 Å². The lowest BCUT2D eigenvalue weighted by atomic mass is 10.1. The first-order chi connectivity index (χ1) is 9.84. The molecule has 2 aromatic heterocycles. The van der Waals surface area contributed by atoms with Crippen molar-refractivity contribution in [2.24, 2.45) is 0 Å². The van der Waals surface area contributed by atoms with Crippen LogP contribution < -0.4 is 10.9 Å². The third-order valence-electron chi connectivity index (χ3n) is 3.76. The van der Waals surface area contributed by atoms with Crippen LogP contribution in [-0.4, -0.2) is 22.6 Å². The summed E-state index contributed by atoms with van der Waals surface area (Å²) >= 11 is 1.72. The van der Waals surface area contributed by atoms with Gasteiger partial charge in [-0.15, -0.1) is 0 Å². The van der Waals surface area contributed by atoms with Crippen LogP contribution in [0.1, 0.15) is 23.2 Å². The van der Waals surface area contributed by atoms with E-state index in [2.05, 4.69) is 27.1 Å². The highest BCUT2D eigenvalue weighted by atomic mass is 32.1. The fourth-order valence-corrected chi connectivity index (χ4v) is 3.33. The number of aromatic nitrogens is 2. The summed E-state index contributed by atoms with van der Waals surface area (Å²) in [4.78, 5) is 16.9. The molecule has 0 spiro atoms. The molecule has 0 amide bonds. The zero-order valence-electron chi connectivity index (χ0n) is 11.5. The Balaban J connectivity index is 1.70. The van der Waals surface area contributed by atoms with Crippen LogP contribution in [0, 0.1) is 0 Å². The number of rotatable bonds is 4. The van der Waals surface area contributed by atoms with E-state index in [-0.39, 0.29) is 5.56 Å². The number of hydrogen-bond acceptors (Lipinski definition) is 4. The molecule has 3 heterocycles. The summed E-state index contributed by atoms with van der Waals surface area (Å²) in [5.74, 6) is 0. The van der Waals surface area contributed by atoms with Crippen LogP contribution in [0.15, 0.2) is 27.9 Å². The number of fused-ring (bicyclic) bond motifs is 1. The van der Waals surface area contributed by atoms with Crippen molar-refractivity contribution in [1.82, 2.24) is 14.9 Å². The third-order valence-corrected chi connectivity index (χ3v) is 4.49. The molecule has 3 rings (SSSR count). The molecule has 20 heavy (non-hydrogen) atoms. The van der Waals surface area contributed by atoms with Gasteiger partial charge in [0.2, 0.25) is 0 Å². The van der Waals surface area contributed by atoms with Crippen molar-refractivity contribution in [2.45, 2.75) is 32.2 Å². The maximum atomic E-state index is 12.5. The monoisotopic (exact) mass is 289 g/mol. The van der Waals surface area contributed by atoms with Gasteiger partial charge in [0.1, 0.15) is 0 Å². The van der Waals surface area contributed by atoms with E-state index in [0.29, 0.717) is 0 Å². The maximum Gasteiger partial charge on any atom is 0.256 e. The zero-order valence-corrected chi connectivity index (χ0v) is 12.3. The van der Waals surface area contributed by atoms with E-state index in [1.54, 1.807) is 22.2 Å². The Morgan fingerprint density at radius 3 is 3.10 bits per heavy atom. The zero-order chi connectivity index (χ0) is 13.8. The molecule has 0 bridgehead atoms. The minimum Gasteiger partial charge on any atom is -0.316 e. The topological polar surface area (TPSA) is 46.9 Å². The first-order valence-electron chi connectivity index (χ1n) is 7.13. The van der Waals surface area contributed by atoms with Crippen LogP contribution in [0.5, 0.6) is 0 Å². The molecule has 4 nitrogen and oxygen atoms in total. The van der Waals surface area contributed by atoms with Crippen molar-refractivity contribution >= 4 is 11.3 Å². The Morgan fingerprint density at radius 2 is 2.25 bits per heavy atom. The molecule has 5 heteroatoms. The molecule has 1 aliphatic heterocycles. The van der Waals surface area contributed by atoms with Gasteiger partial charge in [-0.1, -0.05) is 0 Å². The Hall–Kier alpha value is -1.46. The lowest BCUT2D eigenvalue weighted by Gasteiger charge is -2.09. The molecular weight excluding hydrogens is 270 g/mol. The third kappa shape index (κ3) is 2.99. The molecule has 0 saturated heterocycles. The minimum absolute atomic E-state index is 0.156. The molecule has 0 fully saturated rings. The lowest BCUT2D eigenvalue weighted by Crippen LogP contribution is -2.27. The van der Waals surface area contributed by atoms with Crippen molar-refractivity contribution in [2.75, 3.05) is 13.1 Å². The number of nitrogens with zero attached hydrogens (tertiary/aromatic N) is 2. The van der Waals surface area contributed by atoms with Gasteiger partial charge in [0, 0.05) is 25.1 Å². The summed E-state index contributed by atoms with van der Waals surface area (Å²) in [7, 11) is 0. The van der Waals surface area contributed by atoms with E-state index in [1.807, 2.05) is 0 Å². The predicted octanol–water partition coefficient (Wildman–Crippen LogP) is 1.63. The second kappa shape index (κ2) is 6.33. The minimum atomic E-state index is 0.156. The van der Waals surface area contributed by atoms with E-state index >= 15 is 0 Å². The summed E-state index contributed by atoms with van der Waals surface area (Å²) < 4.78 is 1.77. The molecule has 106 valence electrons. The van der Waals surface area contributed by atoms with Gasteiger partial charge in [-0.2, -0.15) is 11.3 Å². The molecule has 0 radical (unpaired) electrons. The number of hydrogen-bond donors (Lipinski definition) is 1. The highest BCUT2D eigenvalue weighted by molar-refractivity contribution is 7.07. The summed E-state index contributed by atoms with van der Waals surface area (Å²) in [5, 5.41) is 7.58. The molecular formula is C15H19N3OS. The van der Waals surface area contributed by atoms with Gasteiger partial charge in [0.15, 0.2) is 0 Å². The standard InChI is InChI=1S/C15H19N3OS/c19-15-13-3-6-16-7-4-14(13)17-11-18(15)8-1-2-12-5-9-20-10-12/h5,9-11,16H,1-4,6-8H2. The smallest absolute Gasteiger partial charge is 0.256 e. The van der Waals surface area contributed by atoms with Crippen molar-refractivity contribution in [1.29, 1.82) is 0 Å². The second-order valence-electron chi connectivity index (χ2n) is 5.15. The molecule has 0 saturated carbocycles. The van der Waals surface area contributed by atoms with Gasteiger partial charge in [-0.25, -0.2) is 4.98 Å². The largest absolute Gasteiger partial charge is 0.316 e. The first kappa shape index (κ1) is 13.5. The fourth-order valence-electron chi connectivity index (χ4n) is 2.63. The van der Waals surface area contributed by atoms with Crippen LogP contribution in [-0.2, 0) is 25.8 Å². The first-order valence-corrected chi connectivity index (χ1v) is 8.08. The number of thiophene rings is 1. The molecule has 2 aromatic rings. The van der Waals surface area contributed by atoms with Crippen molar-refractivity contribution in [3.05, 3.63) is 50.3 Å². The van der Waals surface area contributed by atoms with Crippen LogP contribution in [0.4, 0.5) is 0 Å². The van der Waals surface area contributed by atoms with Crippen molar-refractivity contribution < 1.29 is 0 Å². The fraction of sp³-hybridized carbons (Fsp3) is 0.467. The normalized spacial score (nSPS) is 14.8. The summed E-state index contributed by atoms with van der Waals surface area (Å²) in [6.45, 7) is 2.55. The summed E-state index contributed by atoms with van der Waals surface area (Å²) in [5.41, 5.74) is 3.40. The van der Waals surface area contributed by atoms with E-state index in [1.165, 1.54) is 5.56 Å². The van der Waals surface area contributed by atoms with Crippen LogP contribution >= 0.6 is 11.3 Å². The molecule has 0 aromatic carbocycles. The van der Waals surface area contributed by atoms with E-state index in [9.17, 15) is 4.79 Å². The van der Waals surface area contributed by atoms with Crippen molar-refractivity contribution in [3.8, 4) is 0 Å². The van der Waals surface area contributed by atoms with Crippen LogP contribution in [0.3, 0.4) is 0 Å². The highest BCUT2D eigenvalue weighted by Crippen LogP contribution is 2.09. The van der Waals surface area contributed by atoms with Crippen LogP contribution in [0.2, 0.25) is 0 Å². The van der Waals surface area contributed by atoms with Gasteiger partial charge in [0.05, 0.1) is 12.0 Å². The lowest BCUT2D eigenvalue weighted by molar-refractivity contribution is 0.602. The number of aryl methyl sites for hydroxylation is 2. The summed E-state index contributed by atoms with van der Waals surface area (Å²) in [6.07, 6.45) is 5.39. The average Bonchev–Trinajstić information content (AvgIpc) is 2.85.